The summed E-state index contributed by atoms with van der Waals surface area (Å²) >= 11 is 6.64. The number of carbonyl (C=O) groups is 3. The lowest BCUT2D eigenvalue weighted by Crippen LogP contribution is -2.30. The van der Waals surface area contributed by atoms with Crippen LogP contribution in [0.25, 0.3) is 6.08 Å². The molecule has 2 N–H and O–H groups in total. The number of imide groups is 1. The van der Waals surface area contributed by atoms with Gasteiger partial charge < -0.3 is 15.2 Å². The zero-order valence-corrected chi connectivity index (χ0v) is 17.5. The summed E-state index contributed by atoms with van der Waals surface area (Å²) in [7, 11) is 0. The molecule has 144 valence electrons. The van der Waals surface area contributed by atoms with Gasteiger partial charge in [0, 0.05) is 0 Å². The van der Waals surface area contributed by atoms with Gasteiger partial charge in [0.25, 0.3) is 5.91 Å². The highest BCUT2D eigenvalue weighted by Gasteiger charge is 2.33. The normalized spacial score (nSPS) is 15.1. The van der Waals surface area contributed by atoms with Crippen LogP contribution in [-0.2, 0) is 16.1 Å². The molecule has 2 aromatic carbocycles. The third-order valence-electron chi connectivity index (χ3n) is 3.82. The van der Waals surface area contributed by atoms with E-state index in [1.165, 1.54) is 0 Å². The first-order valence-corrected chi connectivity index (χ1v) is 9.66. The maximum absolute atomic E-state index is 12.6. The summed E-state index contributed by atoms with van der Waals surface area (Å²) in [6, 6.07) is 12.1. The Morgan fingerprint density at radius 1 is 1.14 bits per heavy atom. The van der Waals surface area contributed by atoms with Crippen LogP contribution in [0.4, 0.5) is 4.79 Å². The molecule has 28 heavy (non-hydrogen) atoms. The van der Waals surface area contributed by atoms with Crippen molar-refractivity contribution in [3.8, 4) is 5.75 Å². The molecule has 0 saturated carbocycles. The zero-order chi connectivity index (χ0) is 20.3. The van der Waals surface area contributed by atoms with Gasteiger partial charge >= 0.3 is 12.0 Å². The number of ether oxygens (including phenoxy) is 1. The van der Waals surface area contributed by atoms with Crippen molar-refractivity contribution in [2.75, 3.05) is 6.61 Å². The number of nitrogens with one attached hydrogen (secondary N) is 1. The van der Waals surface area contributed by atoms with E-state index in [1.807, 2.05) is 30.3 Å². The number of amides is 3. The van der Waals surface area contributed by atoms with Gasteiger partial charge in [-0.25, -0.2) is 9.59 Å². The molecular formula is C19H14Br2N2O5. The predicted molar refractivity (Wildman–Crippen MR) is 108 cm³/mol. The molecule has 0 bridgehead atoms. The number of aliphatic carboxylic acids is 1. The van der Waals surface area contributed by atoms with E-state index in [0.29, 0.717) is 20.3 Å². The summed E-state index contributed by atoms with van der Waals surface area (Å²) < 4.78 is 6.23. The number of carboxylic acid groups (broad SMARTS) is 1. The maximum Gasteiger partial charge on any atom is 0.341 e. The highest BCUT2D eigenvalue weighted by Crippen LogP contribution is 2.35. The minimum absolute atomic E-state index is 0.152. The number of benzene rings is 2. The van der Waals surface area contributed by atoms with Crippen molar-refractivity contribution in [3.05, 3.63) is 68.2 Å². The smallest absolute Gasteiger partial charge is 0.341 e. The molecule has 1 heterocycles. The molecule has 3 amide bonds. The molecule has 0 aliphatic carbocycles. The van der Waals surface area contributed by atoms with E-state index in [0.717, 1.165) is 10.5 Å². The first-order chi connectivity index (χ1) is 13.3. The predicted octanol–water partition coefficient (Wildman–Crippen LogP) is 3.77. The first-order valence-electron chi connectivity index (χ1n) is 8.07. The van der Waals surface area contributed by atoms with Crippen molar-refractivity contribution < 1.29 is 24.2 Å². The summed E-state index contributed by atoms with van der Waals surface area (Å²) in [5.41, 5.74) is 1.61. The number of carbonyl (C=O) groups excluding carboxylic acids is 2. The number of hydrogen-bond acceptors (Lipinski definition) is 4. The minimum Gasteiger partial charge on any atom is -0.480 e. The second-order valence-electron chi connectivity index (χ2n) is 5.86. The van der Waals surface area contributed by atoms with E-state index in [-0.39, 0.29) is 12.2 Å². The Morgan fingerprint density at radius 3 is 2.39 bits per heavy atom. The van der Waals surface area contributed by atoms with Crippen molar-refractivity contribution in [2.45, 2.75) is 6.54 Å². The monoisotopic (exact) mass is 508 g/mol. The summed E-state index contributed by atoms with van der Waals surface area (Å²) in [6.45, 7) is -0.307. The summed E-state index contributed by atoms with van der Waals surface area (Å²) in [5.74, 6) is -1.19. The molecule has 7 nitrogen and oxygen atoms in total. The summed E-state index contributed by atoms with van der Waals surface area (Å²) in [6.07, 6.45) is 1.54. The van der Waals surface area contributed by atoms with E-state index < -0.39 is 24.5 Å². The Morgan fingerprint density at radius 2 is 1.79 bits per heavy atom. The Labute approximate surface area is 177 Å². The lowest BCUT2D eigenvalue weighted by atomic mass is 10.1. The molecule has 1 aliphatic heterocycles. The number of hydrogen-bond donors (Lipinski definition) is 2. The molecule has 0 aromatic heterocycles. The van der Waals surface area contributed by atoms with Gasteiger partial charge in [-0.05, 0) is 61.2 Å². The van der Waals surface area contributed by atoms with Crippen molar-refractivity contribution >= 4 is 55.8 Å². The van der Waals surface area contributed by atoms with Crippen LogP contribution in [0.15, 0.2) is 57.1 Å². The van der Waals surface area contributed by atoms with Crippen LogP contribution in [0.2, 0.25) is 0 Å². The Hall–Kier alpha value is -2.65. The first kappa shape index (κ1) is 20.1. The lowest BCUT2D eigenvalue weighted by molar-refractivity contribution is -0.139. The standard InChI is InChI=1S/C19H14Br2N2O5/c20-13-6-12(7-14(21)17(13)28-10-16(24)25)8-15-18(26)23(19(27)22-15)9-11-4-2-1-3-5-11/h1-8H,9-10H2,(H,22,27)(H,24,25)/b15-8-. The molecule has 9 heteroatoms. The average Bonchev–Trinajstić information content (AvgIpc) is 2.89. The number of urea groups is 1. The van der Waals surface area contributed by atoms with Crippen LogP contribution in [0.5, 0.6) is 5.75 Å². The van der Waals surface area contributed by atoms with Gasteiger partial charge in [0.15, 0.2) is 6.61 Å². The largest absolute Gasteiger partial charge is 0.480 e. The number of rotatable bonds is 6. The average molecular weight is 510 g/mol. The topological polar surface area (TPSA) is 95.9 Å². The Bertz CT molecular complexity index is 953. The fourth-order valence-corrected chi connectivity index (χ4v) is 4.03. The molecule has 2 aromatic rings. The fraction of sp³-hybridized carbons (Fsp3) is 0.105. The molecule has 0 radical (unpaired) electrons. The fourth-order valence-electron chi connectivity index (χ4n) is 2.58. The Balaban J connectivity index is 1.81. The van der Waals surface area contributed by atoms with E-state index in [2.05, 4.69) is 37.2 Å². The molecule has 3 rings (SSSR count). The lowest BCUT2D eigenvalue weighted by Gasteiger charge is -2.11. The van der Waals surface area contributed by atoms with Crippen LogP contribution in [0.3, 0.4) is 0 Å². The number of carboxylic acids is 1. The number of nitrogens with zero attached hydrogens (tertiary/aromatic N) is 1. The molecular weight excluding hydrogens is 496 g/mol. The third-order valence-corrected chi connectivity index (χ3v) is 5.00. The van der Waals surface area contributed by atoms with Crippen LogP contribution in [0.1, 0.15) is 11.1 Å². The molecule has 0 spiro atoms. The quantitative estimate of drug-likeness (QED) is 0.456. The minimum atomic E-state index is -1.09. The molecule has 1 fully saturated rings. The maximum atomic E-state index is 12.6. The van der Waals surface area contributed by atoms with Crippen molar-refractivity contribution in [2.24, 2.45) is 0 Å². The van der Waals surface area contributed by atoms with Gasteiger partial charge in [0.05, 0.1) is 15.5 Å². The van der Waals surface area contributed by atoms with Crippen molar-refractivity contribution in [1.82, 2.24) is 10.2 Å². The van der Waals surface area contributed by atoms with Crippen LogP contribution in [0, 0.1) is 0 Å². The highest BCUT2D eigenvalue weighted by atomic mass is 79.9. The molecule has 1 saturated heterocycles. The SMILES string of the molecule is O=C(O)COc1c(Br)cc(/C=C2\NC(=O)N(Cc3ccccc3)C2=O)cc1Br. The molecule has 0 unspecified atom stereocenters. The van der Waals surface area contributed by atoms with E-state index in [9.17, 15) is 14.4 Å². The van der Waals surface area contributed by atoms with Crippen LogP contribution < -0.4 is 10.1 Å². The zero-order valence-electron chi connectivity index (χ0n) is 14.3. The second-order valence-corrected chi connectivity index (χ2v) is 7.57. The van der Waals surface area contributed by atoms with E-state index in [4.69, 9.17) is 9.84 Å². The van der Waals surface area contributed by atoms with E-state index >= 15 is 0 Å². The second kappa shape index (κ2) is 8.57. The van der Waals surface area contributed by atoms with Crippen LogP contribution in [-0.4, -0.2) is 34.5 Å². The highest BCUT2D eigenvalue weighted by molar-refractivity contribution is 9.11. The summed E-state index contributed by atoms with van der Waals surface area (Å²) in [4.78, 5) is 36.6. The van der Waals surface area contributed by atoms with Gasteiger partial charge in [0.2, 0.25) is 0 Å². The van der Waals surface area contributed by atoms with Crippen molar-refractivity contribution in [1.29, 1.82) is 0 Å². The summed E-state index contributed by atoms with van der Waals surface area (Å²) in [5, 5.41) is 11.3. The van der Waals surface area contributed by atoms with Gasteiger partial charge in [-0.2, -0.15) is 0 Å². The van der Waals surface area contributed by atoms with Crippen molar-refractivity contribution in [3.63, 3.8) is 0 Å². The van der Waals surface area contributed by atoms with Gasteiger partial charge in [-0.1, -0.05) is 30.3 Å². The van der Waals surface area contributed by atoms with E-state index in [1.54, 1.807) is 18.2 Å². The number of halogens is 2. The third kappa shape index (κ3) is 4.60. The molecule has 0 atom stereocenters. The van der Waals surface area contributed by atoms with Gasteiger partial charge in [0.1, 0.15) is 11.4 Å². The molecule has 1 aliphatic rings. The van der Waals surface area contributed by atoms with Gasteiger partial charge in [-0.3, -0.25) is 9.69 Å². The Kier molecular flexibility index (Phi) is 6.15. The van der Waals surface area contributed by atoms with Gasteiger partial charge in [-0.15, -0.1) is 0 Å². The van der Waals surface area contributed by atoms with Crippen LogP contribution >= 0.6 is 31.9 Å².